The zero-order chi connectivity index (χ0) is 21.9. The van der Waals surface area contributed by atoms with Gasteiger partial charge in [0.25, 0.3) is 11.8 Å². The van der Waals surface area contributed by atoms with Crippen molar-refractivity contribution in [3.8, 4) is 11.4 Å². The van der Waals surface area contributed by atoms with E-state index in [1.54, 1.807) is 36.7 Å². The first-order valence-corrected chi connectivity index (χ1v) is 11.2. The van der Waals surface area contributed by atoms with Gasteiger partial charge < -0.3 is 0 Å². The minimum absolute atomic E-state index is 0.241. The Morgan fingerprint density at radius 2 is 1.44 bits per heavy atom. The van der Waals surface area contributed by atoms with E-state index in [2.05, 4.69) is 31.9 Å². The second-order valence-corrected chi connectivity index (χ2v) is 8.33. The molecule has 0 fully saturated rings. The van der Waals surface area contributed by atoms with Gasteiger partial charge in [0.05, 0.1) is 17.7 Å². The molecule has 5 rings (SSSR count). The Balaban J connectivity index is 1.35. The molecule has 4 aromatic rings. The normalized spacial score (nSPS) is 12.9. The smallest absolute Gasteiger partial charge is 0.261 e. The summed E-state index contributed by atoms with van der Waals surface area (Å²) in [5.41, 5.74) is 2.99. The molecular formula is C24H19N5O2S. The lowest BCUT2D eigenvalue weighted by Gasteiger charge is -2.14. The van der Waals surface area contributed by atoms with Crippen molar-refractivity contribution in [2.45, 2.75) is 11.7 Å². The Labute approximate surface area is 189 Å². The van der Waals surface area contributed by atoms with Crippen molar-refractivity contribution < 1.29 is 9.59 Å². The molecule has 0 atom stereocenters. The summed E-state index contributed by atoms with van der Waals surface area (Å²) in [6.45, 7) is 0.917. The standard InChI is InChI=1S/C24H19N5O2S/c30-22-19-8-4-5-9-20(19)23(31)28(22)14-15-32-24-27-26-21(18-10-12-25-13-11-18)29(24)16-17-6-2-1-3-7-17/h1-13H,14-16H2. The van der Waals surface area contributed by atoms with E-state index in [4.69, 9.17) is 0 Å². The van der Waals surface area contributed by atoms with Gasteiger partial charge in [-0.25, -0.2) is 0 Å². The number of carbonyl (C=O) groups excluding carboxylic acids is 2. The summed E-state index contributed by atoms with van der Waals surface area (Å²) < 4.78 is 2.05. The lowest BCUT2D eigenvalue weighted by atomic mass is 10.1. The Morgan fingerprint density at radius 1 is 0.781 bits per heavy atom. The van der Waals surface area contributed by atoms with Crippen LogP contribution >= 0.6 is 11.8 Å². The molecule has 158 valence electrons. The fourth-order valence-electron chi connectivity index (χ4n) is 3.69. The maximum absolute atomic E-state index is 12.6. The van der Waals surface area contributed by atoms with E-state index in [9.17, 15) is 9.59 Å². The van der Waals surface area contributed by atoms with Crippen LogP contribution in [0.4, 0.5) is 0 Å². The van der Waals surface area contributed by atoms with E-state index < -0.39 is 0 Å². The highest BCUT2D eigenvalue weighted by molar-refractivity contribution is 7.99. The monoisotopic (exact) mass is 441 g/mol. The highest BCUT2D eigenvalue weighted by atomic mass is 32.2. The molecule has 2 amide bonds. The number of benzene rings is 2. The first-order valence-electron chi connectivity index (χ1n) is 10.2. The number of carbonyl (C=O) groups is 2. The first-order chi connectivity index (χ1) is 15.7. The molecule has 3 heterocycles. The molecule has 2 aromatic heterocycles. The van der Waals surface area contributed by atoms with E-state index in [1.165, 1.54) is 16.7 Å². The molecule has 0 radical (unpaired) electrons. The predicted octanol–water partition coefficient (Wildman–Crippen LogP) is 3.78. The number of imide groups is 1. The van der Waals surface area contributed by atoms with Gasteiger partial charge in [-0.05, 0) is 29.8 Å². The number of hydrogen-bond acceptors (Lipinski definition) is 6. The van der Waals surface area contributed by atoms with Gasteiger partial charge in [0.15, 0.2) is 11.0 Å². The van der Waals surface area contributed by atoms with Crippen LogP contribution in [-0.2, 0) is 6.54 Å². The summed E-state index contributed by atoms with van der Waals surface area (Å²) in [5, 5.41) is 9.54. The first kappa shape index (κ1) is 20.1. The van der Waals surface area contributed by atoms with E-state index >= 15 is 0 Å². The molecule has 1 aliphatic heterocycles. The van der Waals surface area contributed by atoms with Crippen molar-refractivity contribution in [3.63, 3.8) is 0 Å². The topological polar surface area (TPSA) is 81.0 Å². The summed E-state index contributed by atoms with van der Waals surface area (Å²) >= 11 is 1.48. The van der Waals surface area contributed by atoms with Crippen LogP contribution in [0.15, 0.2) is 84.3 Å². The maximum Gasteiger partial charge on any atom is 0.261 e. The van der Waals surface area contributed by atoms with E-state index in [-0.39, 0.29) is 11.8 Å². The lowest BCUT2D eigenvalue weighted by Crippen LogP contribution is -2.31. The summed E-state index contributed by atoms with van der Waals surface area (Å²) in [6, 6.07) is 20.8. The third-order valence-electron chi connectivity index (χ3n) is 5.26. The lowest BCUT2D eigenvalue weighted by molar-refractivity contribution is 0.0664. The highest BCUT2D eigenvalue weighted by Gasteiger charge is 2.34. The van der Waals surface area contributed by atoms with E-state index in [0.29, 0.717) is 30.0 Å². The molecule has 0 aliphatic carbocycles. The van der Waals surface area contributed by atoms with Crippen LogP contribution in [0.1, 0.15) is 26.3 Å². The third-order valence-corrected chi connectivity index (χ3v) is 6.21. The predicted molar refractivity (Wildman–Crippen MR) is 121 cm³/mol. The zero-order valence-electron chi connectivity index (χ0n) is 17.1. The maximum atomic E-state index is 12.6. The van der Waals surface area contributed by atoms with Gasteiger partial charge >= 0.3 is 0 Å². The minimum atomic E-state index is -0.241. The van der Waals surface area contributed by atoms with Crippen molar-refractivity contribution in [1.29, 1.82) is 0 Å². The molecule has 0 spiro atoms. The molecule has 0 unspecified atom stereocenters. The quantitative estimate of drug-likeness (QED) is 0.321. The van der Waals surface area contributed by atoms with Crippen LogP contribution in [0.25, 0.3) is 11.4 Å². The fraction of sp³-hybridized carbons (Fsp3) is 0.125. The van der Waals surface area contributed by atoms with Crippen LogP contribution in [0.3, 0.4) is 0 Å². The number of nitrogens with zero attached hydrogens (tertiary/aromatic N) is 5. The van der Waals surface area contributed by atoms with Crippen LogP contribution in [0.5, 0.6) is 0 Å². The summed E-state index contributed by atoms with van der Waals surface area (Å²) in [7, 11) is 0. The van der Waals surface area contributed by atoms with Crippen molar-refractivity contribution in [1.82, 2.24) is 24.6 Å². The van der Waals surface area contributed by atoms with Crippen LogP contribution < -0.4 is 0 Å². The van der Waals surface area contributed by atoms with Crippen molar-refractivity contribution >= 4 is 23.6 Å². The Bertz CT molecular complexity index is 1240. The van der Waals surface area contributed by atoms with Gasteiger partial charge in [-0.1, -0.05) is 54.2 Å². The van der Waals surface area contributed by atoms with Crippen LogP contribution in [-0.4, -0.2) is 48.8 Å². The Morgan fingerprint density at radius 3 is 2.12 bits per heavy atom. The summed E-state index contributed by atoms with van der Waals surface area (Å²) in [5.74, 6) is 0.790. The number of pyridine rings is 1. The molecular weight excluding hydrogens is 422 g/mol. The number of aromatic nitrogens is 4. The molecule has 2 aromatic carbocycles. The largest absolute Gasteiger partial charge is 0.298 e. The highest BCUT2D eigenvalue weighted by Crippen LogP contribution is 2.27. The number of hydrogen-bond donors (Lipinski definition) is 0. The molecule has 0 bridgehead atoms. The second kappa shape index (κ2) is 8.76. The fourth-order valence-corrected chi connectivity index (χ4v) is 4.55. The van der Waals surface area contributed by atoms with E-state index in [0.717, 1.165) is 22.1 Å². The molecule has 8 heteroatoms. The van der Waals surface area contributed by atoms with Gasteiger partial charge in [0.2, 0.25) is 0 Å². The van der Waals surface area contributed by atoms with Crippen molar-refractivity contribution in [3.05, 3.63) is 95.8 Å². The number of fused-ring (bicyclic) bond motifs is 1. The number of amides is 2. The molecule has 0 saturated heterocycles. The van der Waals surface area contributed by atoms with Gasteiger partial charge in [-0.3, -0.25) is 24.0 Å². The summed E-state index contributed by atoms with van der Waals surface area (Å²) in [6.07, 6.45) is 3.46. The minimum Gasteiger partial charge on any atom is -0.298 e. The second-order valence-electron chi connectivity index (χ2n) is 7.27. The molecule has 1 aliphatic rings. The van der Waals surface area contributed by atoms with Gasteiger partial charge in [-0.2, -0.15) is 0 Å². The third kappa shape index (κ3) is 3.80. The van der Waals surface area contributed by atoms with Gasteiger partial charge in [-0.15, -0.1) is 10.2 Å². The summed E-state index contributed by atoms with van der Waals surface area (Å²) in [4.78, 5) is 30.6. The van der Waals surface area contributed by atoms with Gasteiger partial charge in [0.1, 0.15) is 0 Å². The molecule has 7 nitrogen and oxygen atoms in total. The Hall–Kier alpha value is -3.78. The molecule has 32 heavy (non-hydrogen) atoms. The van der Waals surface area contributed by atoms with Crippen molar-refractivity contribution in [2.24, 2.45) is 0 Å². The number of rotatable bonds is 7. The average Bonchev–Trinajstić information content (AvgIpc) is 3.34. The zero-order valence-corrected chi connectivity index (χ0v) is 17.9. The molecule has 0 N–H and O–H groups in total. The van der Waals surface area contributed by atoms with E-state index in [1.807, 2.05) is 30.3 Å². The SMILES string of the molecule is O=C1c2ccccc2C(=O)N1CCSc1nnc(-c2ccncc2)n1Cc1ccccc1. The van der Waals surface area contributed by atoms with Crippen LogP contribution in [0.2, 0.25) is 0 Å². The van der Waals surface area contributed by atoms with Gasteiger partial charge in [0, 0.05) is 30.3 Å². The average molecular weight is 442 g/mol. The Kier molecular flexibility index (Phi) is 5.51. The van der Waals surface area contributed by atoms with Crippen LogP contribution in [0, 0.1) is 0 Å². The molecule has 0 saturated carbocycles. The van der Waals surface area contributed by atoms with Crippen molar-refractivity contribution in [2.75, 3.05) is 12.3 Å². The number of thioether (sulfide) groups is 1.